The van der Waals surface area contributed by atoms with Crippen LogP contribution in [0.3, 0.4) is 0 Å². The summed E-state index contributed by atoms with van der Waals surface area (Å²) in [6.07, 6.45) is 6.34. The molecule has 1 aromatic heterocycles. The maximum atomic E-state index is 13.2. The first-order chi connectivity index (χ1) is 9.58. The molecule has 0 aliphatic rings. The van der Waals surface area contributed by atoms with Crippen molar-refractivity contribution < 1.29 is 8.78 Å². The van der Waals surface area contributed by atoms with E-state index in [0.29, 0.717) is 6.42 Å². The molecule has 1 heterocycles. The number of likely N-dealkylation sites (N-methyl/N-ethyl adjacent to an activating group) is 1. The second kappa shape index (κ2) is 6.61. The molecule has 0 aliphatic carbocycles. The Kier molecular flexibility index (Phi) is 4.84. The highest BCUT2D eigenvalue weighted by Gasteiger charge is 2.10. The number of hydrogen-bond acceptors (Lipinski definition) is 2. The minimum Gasteiger partial charge on any atom is -0.317 e. The molecule has 0 saturated carbocycles. The summed E-state index contributed by atoms with van der Waals surface area (Å²) in [6, 6.07) is 4.30. The summed E-state index contributed by atoms with van der Waals surface area (Å²) in [5, 5.41) is 7.35. The van der Waals surface area contributed by atoms with E-state index >= 15 is 0 Å². The van der Waals surface area contributed by atoms with Gasteiger partial charge in [-0.05, 0) is 49.6 Å². The van der Waals surface area contributed by atoms with Crippen LogP contribution >= 0.6 is 0 Å². The number of rotatable bonds is 6. The Hall–Kier alpha value is -1.75. The fourth-order valence-electron chi connectivity index (χ4n) is 2.24. The first-order valence-corrected chi connectivity index (χ1v) is 6.67. The number of nitrogens with zero attached hydrogens (tertiary/aromatic N) is 2. The lowest BCUT2D eigenvalue weighted by molar-refractivity contribution is 0.497. The molecular weight excluding hydrogens is 260 g/mol. The van der Waals surface area contributed by atoms with E-state index in [9.17, 15) is 8.78 Å². The summed E-state index contributed by atoms with van der Waals surface area (Å²) in [7, 11) is 3.77. The van der Waals surface area contributed by atoms with E-state index in [2.05, 4.69) is 10.4 Å². The predicted octanol–water partition coefficient (Wildman–Crippen LogP) is 2.46. The fraction of sp³-hybridized carbons (Fsp3) is 0.400. The molecule has 1 atom stereocenters. The summed E-state index contributed by atoms with van der Waals surface area (Å²) in [5.41, 5.74) is 1.98. The number of aromatic nitrogens is 2. The number of aryl methyl sites for hydroxylation is 2. The molecule has 1 aromatic carbocycles. The lowest BCUT2D eigenvalue weighted by atomic mass is 10.00. The highest BCUT2D eigenvalue weighted by atomic mass is 19.2. The molecule has 2 aromatic rings. The monoisotopic (exact) mass is 279 g/mol. The van der Waals surface area contributed by atoms with Gasteiger partial charge >= 0.3 is 0 Å². The van der Waals surface area contributed by atoms with E-state index in [1.807, 2.05) is 26.5 Å². The predicted molar refractivity (Wildman–Crippen MR) is 74.4 cm³/mol. The van der Waals surface area contributed by atoms with Crippen molar-refractivity contribution in [3.05, 3.63) is 53.4 Å². The summed E-state index contributed by atoms with van der Waals surface area (Å²) in [4.78, 5) is 0. The summed E-state index contributed by atoms with van der Waals surface area (Å²) < 4.78 is 27.8. The van der Waals surface area contributed by atoms with Crippen LogP contribution in [0.25, 0.3) is 0 Å². The van der Waals surface area contributed by atoms with Crippen molar-refractivity contribution in [2.24, 2.45) is 7.05 Å². The van der Waals surface area contributed by atoms with Gasteiger partial charge in [0.15, 0.2) is 11.6 Å². The van der Waals surface area contributed by atoms with E-state index in [-0.39, 0.29) is 6.04 Å². The molecule has 2 rings (SSSR count). The Balaban J connectivity index is 1.92. The molecule has 0 radical (unpaired) electrons. The van der Waals surface area contributed by atoms with Gasteiger partial charge in [0.25, 0.3) is 0 Å². The third-order valence-corrected chi connectivity index (χ3v) is 3.41. The average molecular weight is 279 g/mol. The number of halogens is 2. The fourth-order valence-corrected chi connectivity index (χ4v) is 2.24. The maximum absolute atomic E-state index is 13.2. The standard InChI is InChI=1S/C15H19F2N3/c1-18-13(5-3-12-9-19-20(2)10-12)7-11-4-6-14(16)15(17)8-11/h4,6,8-10,13,18H,3,5,7H2,1-2H3. The van der Waals surface area contributed by atoms with Gasteiger partial charge in [-0.1, -0.05) is 6.07 Å². The first-order valence-electron chi connectivity index (χ1n) is 6.67. The van der Waals surface area contributed by atoms with E-state index in [1.54, 1.807) is 10.7 Å². The second-order valence-corrected chi connectivity index (χ2v) is 5.00. The Labute approximate surface area is 117 Å². The van der Waals surface area contributed by atoms with E-state index in [4.69, 9.17) is 0 Å². The summed E-state index contributed by atoms with van der Waals surface area (Å²) >= 11 is 0. The Morgan fingerprint density at radius 2 is 2.05 bits per heavy atom. The van der Waals surface area contributed by atoms with Crippen molar-refractivity contribution in [1.29, 1.82) is 0 Å². The van der Waals surface area contributed by atoms with Crippen LogP contribution in [-0.4, -0.2) is 22.9 Å². The number of benzene rings is 1. The first kappa shape index (κ1) is 14.7. The molecule has 0 aliphatic heterocycles. The van der Waals surface area contributed by atoms with Gasteiger partial charge < -0.3 is 5.32 Å². The molecule has 3 nitrogen and oxygen atoms in total. The lowest BCUT2D eigenvalue weighted by Gasteiger charge is -2.16. The van der Waals surface area contributed by atoms with Crippen molar-refractivity contribution in [2.75, 3.05) is 7.05 Å². The Bertz CT molecular complexity index is 566. The van der Waals surface area contributed by atoms with Gasteiger partial charge in [0, 0.05) is 19.3 Å². The Morgan fingerprint density at radius 1 is 1.25 bits per heavy atom. The van der Waals surface area contributed by atoms with Gasteiger partial charge in [0.05, 0.1) is 6.20 Å². The van der Waals surface area contributed by atoms with E-state index < -0.39 is 11.6 Å². The minimum atomic E-state index is -0.801. The lowest BCUT2D eigenvalue weighted by Crippen LogP contribution is -2.28. The summed E-state index contributed by atoms with van der Waals surface area (Å²) in [5.74, 6) is -1.59. The second-order valence-electron chi connectivity index (χ2n) is 5.00. The molecule has 0 saturated heterocycles. The van der Waals surface area contributed by atoms with Crippen molar-refractivity contribution in [3.63, 3.8) is 0 Å². The normalized spacial score (nSPS) is 12.6. The molecule has 1 unspecified atom stereocenters. The van der Waals surface area contributed by atoms with Crippen molar-refractivity contribution in [3.8, 4) is 0 Å². The summed E-state index contributed by atoms with van der Waals surface area (Å²) in [6.45, 7) is 0. The number of nitrogens with one attached hydrogen (secondary N) is 1. The molecule has 0 amide bonds. The average Bonchev–Trinajstić information content (AvgIpc) is 2.84. The highest BCUT2D eigenvalue weighted by Crippen LogP contribution is 2.13. The molecule has 0 spiro atoms. The van der Waals surface area contributed by atoms with Crippen LogP contribution in [0.15, 0.2) is 30.6 Å². The molecule has 1 N–H and O–H groups in total. The van der Waals surface area contributed by atoms with Gasteiger partial charge in [-0.15, -0.1) is 0 Å². The molecule has 5 heteroatoms. The van der Waals surface area contributed by atoms with Crippen molar-refractivity contribution in [1.82, 2.24) is 15.1 Å². The number of hydrogen-bond donors (Lipinski definition) is 1. The quantitative estimate of drug-likeness (QED) is 0.880. The highest BCUT2D eigenvalue weighted by molar-refractivity contribution is 5.19. The molecule has 20 heavy (non-hydrogen) atoms. The molecule has 108 valence electrons. The van der Waals surface area contributed by atoms with Gasteiger partial charge in [0.1, 0.15) is 0 Å². The zero-order chi connectivity index (χ0) is 14.5. The Morgan fingerprint density at radius 3 is 2.65 bits per heavy atom. The van der Waals surface area contributed by atoms with Gasteiger partial charge in [-0.25, -0.2) is 8.78 Å². The third kappa shape index (κ3) is 3.87. The smallest absolute Gasteiger partial charge is 0.159 e. The van der Waals surface area contributed by atoms with Gasteiger partial charge in [0.2, 0.25) is 0 Å². The zero-order valence-corrected chi connectivity index (χ0v) is 11.7. The van der Waals surface area contributed by atoms with Crippen molar-refractivity contribution >= 4 is 0 Å². The van der Waals surface area contributed by atoms with E-state index in [1.165, 1.54) is 17.7 Å². The zero-order valence-electron chi connectivity index (χ0n) is 11.7. The van der Waals surface area contributed by atoms with Crippen LogP contribution in [0, 0.1) is 11.6 Å². The van der Waals surface area contributed by atoms with Crippen LogP contribution in [0.5, 0.6) is 0 Å². The van der Waals surface area contributed by atoms with Crippen LogP contribution in [0.2, 0.25) is 0 Å². The topological polar surface area (TPSA) is 29.9 Å². The van der Waals surface area contributed by atoms with Crippen LogP contribution < -0.4 is 5.32 Å². The minimum absolute atomic E-state index is 0.222. The van der Waals surface area contributed by atoms with Crippen molar-refractivity contribution in [2.45, 2.75) is 25.3 Å². The largest absolute Gasteiger partial charge is 0.317 e. The molecular formula is C15H19F2N3. The maximum Gasteiger partial charge on any atom is 0.159 e. The molecule has 0 fully saturated rings. The van der Waals surface area contributed by atoms with Crippen LogP contribution in [0.4, 0.5) is 8.78 Å². The SMILES string of the molecule is CNC(CCc1cnn(C)c1)Cc1ccc(F)c(F)c1. The van der Waals surface area contributed by atoms with Crippen LogP contribution in [0.1, 0.15) is 17.5 Å². The molecule has 0 bridgehead atoms. The van der Waals surface area contributed by atoms with E-state index in [0.717, 1.165) is 18.4 Å². The third-order valence-electron chi connectivity index (χ3n) is 3.41. The van der Waals surface area contributed by atoms with Crippen LogP contribution in [-0.2, 0) is 19.9 Å². The van der Waals surface area contributed by atoms with Gasteiger partial charge in [-0.3, -0.25) is 4.68 Å². The van der Waals surface area contributed by atoms with Gasteiger partial charge in [-0.2, -0.15) is 5.10 Å².